The fourth-order valence-corrected chi connectivity index (χ4v) is 1.94. The van der Waals surface area contributed by atoms with Gasteiger partial charge in [0.2, 0.25) is 0 Å². The van der Waals surface area contributed by atoms with E-state index in [1.54, 1.807) is 6.07 Å². The van der Waals surface area contributed by atoms with Crippen molar-refractivity contribution in [2.75, 3.05) is 25.6 Å². The number of rotatable bonds is 3. The maximum absolute atomic E-state index is 11.4. The Hall–Kier alpha value is -1.55. The van der Waals surface area contributed by atoms with Gasteiger partial charge in [0.1, 0.15) is 0 Å². The molecule has 0 aromatic heterocycles. The second-order valence-corrected chi connectivity index (χ2v) is 4.23. The minimum atomic E-state index is -0.302. The maximum atomic E-state index is 11.4. The van der Waals surface area contributed by atoms with Crippen LogP contribution in [0.25, 0.3) is 0 Å². The Labute approximate surface area is 101 Å². The summed E-state index contributed by atoms with van der Waals surface area (Å²) >= 11 is 0. The average Bonchev–Trinajstić information content (AvgIpc) is 2.83. The summed E-state index contributed by atoms with van der Waals surface area (Å²) in [5.41, 5.74) is 2.67. The van der Waals surface area contributed by atoms with Gasteiger partial charge in [-0.15, -0.1) is 0 Å². The average molecular weight is 235 g/mol. The summed E-state index contributed by atoms with van der Waals surface area (Å²) in [6.45, 7) is 3.54. The summed E-state index contributed by atoms with van der Waals surface area (Å²) in [6, 6.07) is 5.90. The van der Waals surface area contributed by atoms with Gasteiger partial charge in [-0.2, -0.15) is 0 Å². The third-order valence-corrected chi connectivity index (χ3v) is 2.94. The number of hydrogen-bond donors (Lipinski definition) is 1. The van der Waals surface area contributed by atoms with Crippen LogP contribution in [0.4, 0.5) is 5.69 Å². The zero-order valence-corrected chi connectivity index (χ0v) is 10.2. The fourth-order valence-electron chi connectivity index (χ4n) is 1.94. The number of nitrogens with one attached hydrogen (secondary N) is 1. The molecule has 1 aliphatic heterocycles. The van der Waals surface area contributed by atoms with E-state index in [1.165, 1.54) is 7.11 Å². The van der Waals surface area contributed by atoms with Crippen LogP contribution in [-0.2, 0) is 9.47 Å². The zero-order chi connectivity index (χ0) is 12.3. The van der Waals surface area contributed by atoms with E-state index in [0.29, 0.717) is 11.6 Å². The van der Waals surface area contributed by atoms with E-state index in [-0.39, 0.29) is 5.97 Å². The summed E-state index contributed by atoms with van der Waals surface area (Å²) in [4.78, 5) is 11.4. The highest BCUT2D eigenvalue weighted by molar-refractivity contribution is 5.90. The van der Waals surface area contributed by atoms with Crippen molar-refractivity contribution in [2.24, 2.45) is 0 Å². The molecule has 0 amide bonds. The second-order valence-electron chi connectivity index (χ2n) is 4.23. The summed E-state index contributed by atoms with van der Waals surface area (Å²) in [7, 11) is 1.39. The van der Waals surface area contributed by atoms with Crippen LogP contribution in [0.5, 0.6) is 0 Å². The Morgan fingerprint density at radius 1 is 1.53 bits per heavy atom. The SMILES string of the molecule is COC(=O)c1ccc(NC2CCOC2)c(C)c1. The molecule has 17 heavy (non-hydrogen) atoms. The molecule has 1 atom stereocenters. The molecular weight excluding hydrogens is 218 g/mol. The number of ether oxygens (including phenoxy) is 2. The van der Waals surface area contributed by atoms with Crippen LogP contribution in [0, 0.1) is 6.92 Å². The Morgan fingerprint density at radius 2 is 2.35 bits per heavy atom. The van der Waals surface area contributed by atoms with E-state index in [1.807, 2.05) is 19.1 Å². The molecule has 1 unspecified atom stereocenters. The number of methoxy groups -OCH3 is 1. The van der Waals surface area contributed by atoms with Crippen LogP contribution < -0.4 is 5.32 Å². The van der Waals surface area contributed by atoms with Gasteiger partial charge in [0.15, 0.2) is 0 Å². The Bertz CT molecular complexity index is 411. The fraction of sp³-hybridized carbons (Fsp3) is 0.462. The molecule has 1 fully saturated rings. The Morgan fingerprint density at radius 3 is 2.94 bits per heavy atom. The first-order chi connectivity index (χ1) is 8.20. The normalized spacial score (nSPS) is 19.1. The van der Waals surface area contributed by atoms with Gasteiger partial charge in [-0.05, 0) is 37.1 Å². The minimum absolute atomic E-state index is 0.302. The molecule has 92 valence electrons. The highest BCUT2D eigenvalue weighted by Gasteiger charge is 2.16. The number of hydrogen-bond acceptors (Lipinski definition) is 4. The third-order valence-electron chi connectivity index (χ3n) is 2.94. The lowest BCUT2D eigenvalue weighted by molar-refractivity contribution is 0.0600. The van der Waals surface area contributed by atoms with Crippen LogP contribution in [0.3, 0.4) is 0 Å². The molecule has 0 saturated carbocycles. The van der Waals surface area contributed by atoms with Gasteiger partial charge < -0.3 is 14.8 Å². The topological polar surface area (TPSA) is 47.6 Å². The predicted octanol–water partition coefficient (Wildman–Crippen LogP) is 1.98. The number of esters is 1. The van der Waals surface area contributed by atoms with E-state index in [4.69, 9.17) is 4.74 Å². The Balaban J connectivity index is 2.10. The molecule has 1 N–H and O–H groups in total. The van der Waals surface area contributed by atoms with Crippen LogP contribution in [-0.4, -0.2) is 32.3 Å². The van der Waals surface area contributed by atoms with Gasteiger partial charge in [-0.1, -0.05) is 0 Å². The molecule has 0 radical (unpaired) electrons. The first-order valence-electron chi connectivity index (χ1n) is 5.74. The van der Waals surface area contributed by atoms with E-state index in [9.17, 15) is 4.79 Å². The summed E-state index contributed by atoms with van der Waals surface area (Å²) in [6.07, 6.45) is 1.03. The molecule has 1 saturated heterocycles. The minimum Gasteiger partial charge on any atom is -0.465 e. The van der Waals surface area contributed by atoms with Crippen molar-refractivity contribution in [2.45, 2.75) is 19.4 Å². The monoisotopic (exact) mass is 235 g/mol. The number of carbonyl (C=O) groups excluding carboxylic acids is 1. The highest BCUT2D eigenvalue weighted by atomic mass is 16.5. The largest absolute Gasteiger partial charge is 0.465 e. The number of anilines is 1. The van der Waals surface area contributed by atoms with Crippen molar-refractivity contribution in [1.82, 2.24) is 0 Å². The van der Waals surface area contributed by atoms with Crippen LogP contribution >= 0.6 is 0 Å². The zero-order valence-electron chi connectivity index (χ0n) is 10.2. The molecule has 0 bridgehead atoms. The van der Waals surface area contributed by atoms with Gasteiger partial charge in [0.05, 0.1) is 25.3 Å². The van der Waals surface area contributed by atoms with E-state index < -0.39 is 0 Å². The standard InChI is InChI=1S/C13H17NO3/c1-9-7-10(13(15)16-2)3-4-12(9)14-11-5-6-17-8-11/h3-4,7,11,14H,5-6,8H2,1-2H3. The lowest BCUT2D eigenvalue weighted by Gasteiger charge is -2.15. The van der Waals surface area contributed by atoms with Gasteiger partial charge in [-0.3, -0.25) is 0 Å². The Kier molecular flexibility index (Phi) is 3.64. The molecule has 0 aliphatic carbocycles. The van der Waals surface area contributed by atoms with Gasteiger partial charge in [-0.25, -0.2) is 4.79 Å². The van der Waals surface area contributed by atoms with Gasteiger partial charge in [0.25, 0.3) is 0 Å². The van der Waals surface area contributed by atoms with Gasteiger partial charge in [0, 0.05) is 12.3 Å². The first-order valence-corrected chi connectivity index (χ1v) is 5.74. The molecule has 1 aliphatic rings. The lowest BCUT2D eigenvalue weighted by atomic mass is 10.1. The number of benzene rings is 1. The van der Waals surface area contributed by atoms with Crippen molar-refractivity contribution in [3.63, 3.8) is 0 Å². The molecule has 1 heterocycles. The second kappa shape index (κ2) is 5.19. The molecule has 1 aromatic rings. The van der Waals surface area contributed by atoms with E-state index in [0.717, 1.165) is 30.9 Å². The molecule has 4 nitrogen and oxygen atoms in total. The number of aryl methyl sites for hydroxylation is 1. The molecule has 0 spiro atoms. The summed E-state index contributed by atoms with van der Waals surface area (Å²) in [5.74, 6) is -0.302. The molecular formula is C13H17NO3. The quantitative estimate of drug-likeness (QED) is 0.814. The third kappa shape index (κ3) is 2.77. The number of carbonyl (C=O) groups is 1. The van der Waals surface area contributed by atoms with Crippen molar-refractivity contribution >= 4 is 11.7 Å². The smallest absolute Gasteiger partial charge is 0.337 e. The summed E-state index contributed by atoms with van der Waals surface area (Å²) < 4.78 is 10.00. The van der Waals surface area contributed by atoms with Crippen LogP contribution in [0.1, 0.15) is 22.3 Å². The van der Waals surface area contributed by atoms with Crippen molar-refractivity contribution in [1.29, 1.82) is 0 Å². The van der Waals surface area contributed by atoms with Crippen molar-refractivity contribution in [3.05, 3.63) is 29.3 Å². The van der Waals surface area contributed by atoms with Crippen LogP contribution in [0.2, 0.25) is 0 Å². The van der Waals surface area contributed by atoms with E-state index in [2.05, 4.69) is 10.1 Å². The van der Waals surface area contributed by atoms with Gasteiger partial charge >= 0.3 is 5.97 Å². The molecule has 2 rings (SSSR count). The first kappa shape index (κ1) is 11.9. The summed E-state index contributed by atoms with van der Waals surface area (Å²) in [5, 5.41) is 3.42. The molecule has 4 heteroatoms. The van der Waals surface area contributed by atoms with E-state index >= 15 is 0 Å². The predicted molar refractivity (Wildman–Crippen MR) is 65.4 cm³/mol. The van der Waals surface area contributed by atoms with Crippen LogP contribution in [0.15, 0.2) is 18.2 Å². The molecule has 1 aromatic carbocycles. The van der Waals surface area contributed by atoms with Crippen molar-refractivity contribution < 1.29 is 14.3 Å². The maximum Gasteiger partial charge on any atom is 0.337 e. The van der Waals surface area contributed by atoms with Crippen molar-refractivity contribution in [3.8, 4) is 0 Å². The lowest BCUT2D eigenvalue weighted by Crippen LogP contribution is -2.19. The highest BCUT2D eigenvalue weighted by Crippen LogP contribution is 2.20.